The highest BCUT2D eigenvalue weighted by atomic mass is 15.3. The zero-order valence-electron chi connectivity index (χ0n) is 8.29. The fourth-order valence-electron chi connectivity index (χ4n) is 1.59. The maximum atomic E-state index is 8.51. The van der Waals surface area contributed by atoms with Gasteiger partial charge in [0.05, 0.1) is 12.6 Å². The Bertz CT molecular complexity index is 209. The van der Waals surface area contributed by atoms with E-state index in [-0.39, 0.29) is 0 Å². The molecule has 0 spiro atoms. The van der Waals surface area contributed by atoms with Gasteiger partial charge in [0, 0.05) is 32.7 Å². The fourth-order valence-corrected chi connectivity index (χ4v) is 1.59. The van der Waals surface area contributed by atoms with Crippen molar-refractivity contribution in [1.29, 1.82) is 5.26 Å². The van der Waals surface area contributed by atoms with Crippen molar-refractivity contribution in [2.75, 3.05) is 39.3 Å². The highest BCUT2D eigenvalue weighted by molar-refractivity contribution is 4.93. The predicted molar refractivity (Wildman–Crippen MR) is 53.3 cm³/mol. The summed E-state index contributed by atoms with van der Waals surface area (Å²) in [5.41, 5.74) is 1.22. The van der Waals surface area contributed by atoms with E-state index in [2.05, 4.69) is 29.4 Å². The molecule has 0 amide bonds. The van der Waals surface area contributed by atoms with Crippen LogP contribution >= 0.6 is 0 Å². The van der Waals surface area contributed by atoms with Gasteiger partial charge in [-0.05, 0) is 6.92 Å². The van der Waals surface area contributed by atoms with Crippen molar-refractivity contribution in [1.82, 2.24) is 9.80 Å². The number of rotatable bonds is 3. The normalized spacial score (nSPS) is 19.7. The van der Waals surface area contributed by atoms with Crippen molar-refractivity contribution in [3.8, 4) is 6.07 Å². The lowest BCUT2D eigenvalue weighted by molar-refractivity contribution is 0.153. The Kier molecular flexibility index (Phi) is 3.94. The number of nitriles is 1. The van der Waals surface area contributed by atoms with Crippen LogP contribution in [0.1, 0.15) is 6.92 Å². The van der Waals surface area contributed by atoms with Gasteiger partial charge in [-0.1, -0.05) is 12.2 Å². The first-order valence-electron chi connectivity index (χ1n) is 4.68. The predicted octanol–water partition coefficient (Wildman–Crippen LogP) is 0.704. The summed E-state index contributed by atoms with van der Waals surface area (Å²) >= 11 is 0. The monoisotopic (exact) mass is 179 g/mol. The van der Waals surface area contributed by atoms with E-state index in [9.17, 15) is 0 Å². The van der Waals surface area contributed by atoms with E-state index in [0.29, 0.717) is 6.54 Å². The van der Waals surface area contributed by atoms with E-state index in [1.807, 2.05) is 0 Å². The molecule has 72 valence electrons. The number of nitrogens with zero attached hydrogens (tertiary/aromatic N) is 3. The Morgan fingerprint density at radius 2 is 1.85 bits per heavy atom. The Morgan fingerprint density at radius 3 is 2.31 bits per heavy atom. The molecular formula is C10H17N3. The van der Waals surface area contributed by atoms with Gasteiger partial charge in [-0.15, -0.1) is 0 Å². The molecule has 0 aromatic carbocycles. The van der Waals surface area contributed by atoms with Gasteiger partial charge < -0.3 is 0 Å². The first-order chi connectivity index (χ1) is 6.22. The molecule has 1 aliphatic rings. The van der Waals surface area contributed by atoms with Crippen molar-refractivity contribution in [3.63, 3.8) is 0 Å². The van der Waals surface area contributed by atoms with E-state index in [0.717, 1.165) is 32.7 Å². The second-order valence-electron chi connectivity index (χ2n) is 3.67. The second kappa shape index (κ2) is 5.00. The Hall–Kier alpha value is -0.850. The minimum atomic E-state index is 0.570. The third kappa shape index (κ3) is 3.58. The molecule has 13 heavy (non-hydrogen) atoms. The Morgan fingerprint density at radius 1 is 1.31 bits per heavy atom. The van der Waals surface area contributed by atoms with Crippen LogP contribution in [-0.4, -0.2) is 49.1 Å². The molecule has 0 atom stereocenters. The van der Waals surface area contributed by atoms with Gasteiger partial charge in [-0.25, -0.2) is 0 Å². The molecule has 0 unspecified atom stereocenters. The smallest absolute Gasteiger partial charge is 0.0866 e. The first-order valence-corrected chi connectivity index (χ1v) is 4.68. The molecule has 0 aromatic heterocycles. The SMILES string of the molecule is C=C(C)CN1CCN(CC#N)CC1. The molecule has 1 heterocycles. The minimum Gasteiger partial charge on any atom is -0.297 e. The molecule has 1 fully saturated rings. The number of hydrogen-bond donors (Lipinski definition) is 0. The van der Waals surface area contributed by atoms with Crippen molar-refractivity contribution in [2.24, 2.45) is 0 Å². The third-order valence-corrected chi connectivity index (χ3v) is 2.25. The quantitative estimate of drug-likeness (QED) is 0.472. The van der Waals surface area contributed by atoms with Crippen molar-refractivity contribution in [3.05, 3.63) is 12.2 Å². The lowest BCUT2D eigenvalue weighted by Crippen LogP contribution is -2.46. The van der Waals surface area contributed by atoms with E-state index < -0.39 is 0 Å². The van der Waals surface area contributed by atoms with Crippen molar-refractivity contribution >= 4 is 0 Å². The van der Waals surface area contributed by atoms with Crippen LogP contribution in [-0.2, 0) is 0 Å². The molecule has 0 aromatic rings. The van der Waals surface area contributed by atoms with Crippen LogP contribution in [0.2, 0.25) is 0 Å². The summed E-state index contributed by atoms with van der Waals surface area (Å²) in [4.78, 5) is 4.57. The van der Waals surface area contributed by atoms with E-state index >= 15 is 0 Å². The van der Waals surface area contributed by atoms with Gasteiger partial charge >= 0.3 is 0 Å². The zero-order chi connectivity index (χ0) is 9.68. The van der Waals surface area contributed by atoms with Gasteiger partial charge in [-0.2, -0.15) is 5.26 Å². The molecule has 0 bridgehead atoms. The topological polar surface area (TPSA) is 30.3 Å². The maximum absolute atomic E-state index is 8.51. The van der Waals surface area contributed by atoms with Crippen LogP contribution in [0, 0.1) is 11.3 Å². The van der Waals surface area contributed by atoms with Crippen LogP contribution in [0.3, 0.4) is 0 Å². The standard InChI is InChI=1S/C10H17N3/c1-10(2)9-13-7-5-12(4-3-11)6-8-13/h1,4-9H2,2H3. The second-order valence-corrected chi connectivity index (χ2v) is 3.67. The molecule has 0 aliphatic carbocycles. The molecular weight excluding hydrogens is 162 g/mol. The first kappa shape index (κ1) is 10.2. The molecule has 0 radical (unpaired) electrons. The summed E-state index contributed by atoms with van der Waals surface area (Å²) in [6.45, 7) is 11.7. The molecule has 1 rings (SSSR count). The van der Waals surface area contributed by atoms with Crippen molar-refractivity contribution < 1.29 is 0 Å². The summed E-state index contributed by atoms with van der Waals surface area (Å²) < 4.78 is 0. The lowest BCUT2D eigenvalue weighted by atomic mass is 10.2. The van der Waals surface area contributed by atoms with E-state index in [4.69, 9.17) is 5.26 Å². The van der Waals surface area contributed by atoms with Gasteiger partial charge in [0.25, 0.3) is 0 Å². The molecule has 1 saturated heterocycles. The van der Waals surface area contributed by atoms with Gasteiger partial charge in [-0.3, -0.25) is 9.80 Å². The van der Waals surface area contributed by atoms with Gasteiger partial charge in [0.15, 0.2) is 0 Å². The summed E-state index contributed by atoms with van der Waals surface area (Å²) in [5.74, 6) is 0. The van der Waals surface area contributed by atoms with Crippen LogP contribution in [0.25, 0.3) is 0 Å². The third-order valence-electron chi connectivity index (χ3n) is 2.25. The molecule has 0 saturated carbocycles. The molecule has 3 nitrogen and oxygen atoms in total. The largest absolute Gasteiger partial charge is 0.297 e. The fraction of sp³-hybridized carbons (Fsp3) is 0.700. The van der Waals surface area contributed by atoms with Crippen LogP contribution < -0.4 is 0 Å². The highest BCUT2D eigenvalue weighted by Gasteiger charge is 2.15. The summed E-state index contributed by atoms with van der Waals surface area (Å²) in [6, 6.07) is 2.18. The minimum absolute atomic E-state index is 0.570. The van der Waals surface area contributed by atoms with E-state index in [1.165, 1.54) is 5.57 Å². The zero-order valence-corrected chi connectivity index (χ0v) is 8.29. The van der Waals surface area contributed by atoms with Crippen LogP contribution in [0.4, 0.5) is 0 Å². The Labute approximate surface area is 80.2 Å². The summed E-state index contributed by atoms with van der Waals surface area (Å²) in [5, 5.41) is 8.51. The molecule has 0 N–H and O–H groups in total. The van der Waals surface area contributed by atoms with Gasteiger partial charge in [0.2, 0.25) is 0 Å². The molecule has 1 aliphatic heterocycles. The van der Waals surface area contributed by atoms with Crippen molar-refractivity contribution in [2.45, 2.75) is 6.92 Å². The Balaban J connectivity index is 2.23. The summed E-state index contributed by atoms with van der Waals surface area (Å²) in [7, 11) is 0. The lowest BCUT2D eigenvalue weighted by Gasteiger charge is -2.33. The average molecular weight is 179 g/mol. The van der Waals surface area contributed by atoms with E-state index in [1.54, 1.807) is 0 Å². The van der Waals surface area contributed by atoms with Crippen LogP contribution in [0.5, 0.6) is 0 Å². The maximum Gasteiger partial charge on any atom is 0.0866 e. The average Bonchev–Trinajstić information content (AvgIpc) is 2.08. The number of piperazine rings is 1. The molecule has 3 heteroatoms. The number of hydrogen-bond acceptors (Lipinski definition) is 3. The summed E-state index contributed by atoms with van der Waals surface area (Å²) in [6.07, 6.45) is 0. The highest BCUT2D eigenvalue weighted by Crippen LogP contribution is 2.03. The van der Waals surface area contributed by atoms with Crippen LogP contribution in [0.15, 0.2) is 12.2 Å². The van der Waals surface area contributed by atoms with Gasteiger partial charge in [0.1, 0.15) is 0 Å².